The summed E-state index contributed by atoms with van der Waals surface area (Å²) in [5.41, 5.74) is 3.90. The summed E-state index contributed by atoms with van der Waals surface area (Å²) in [7, 11) is 0. The number of carboxylic acid groups (broad SMARTS) is 1. The van der Waals surface area contributed by atoms with E-state index in [9.17, 15) is 9.90 Å². The molecule has 168 valence electrons. The molecular formula is C24H26FN3O3S. The summed E-state index contributed by atoms with van der Waals surface area (Å²) in [6.45, 7) is 5.54. The molecule has 0 saturated carbocycles. The lowest BCUT2D eigenvalue weighted by atomic mass is 10.0. The lowest BCUT2D eigenvalue weighted by Gasteiger charge is -2.31. The van der Waals surface area contributed by atoms with Crippen molar-refractivity contribution < 1.29 is 18.8 Å². The first kappa shape index (κ1) is 22.2. The minimum Gasteiger partial charge on any atom is -0.478 e. The van der Waals surface area contributed by atoms with Crippen LogP contribution in [0.4, 0.5) is 15.8 Å². The van der Waals surface area contributed by atoms with Gasteiger partial charge in [-0.05, 0) is 74.4 Å². The smallest absolute Gasteiger partial charge is 0.335 e. The van der Waals surface area contributed by atoms with Crippen molar-refractivity contribution in [1.82, 2.24) is 5.16 Å². The average Bonchev–Trinajstić information content (AvgIpc) is 3.23. The summed E-state index contributed by atoms with van der Waals surface area (Å²) in [5.74, 6) is -0.735. The van der Waals surface area contributed by atoms with E-state index in [0.29, 0.717) is 16.9 Å². The molecular weight excluding hydrogens is 429 g/mol. The van der Waals surface area contributed by atoms with Gasteiger partial charge in [0, 0.05) is 29.1 Å². The van der Waals surface area contributed by atoms with Crippen LogP contribution in [0.5, 0.6) is 0 Å². The Morgan fingerprint density at radius 3 is 2.66 bits per heavy atom. The minimum absolute atomic E-state index is 0.239. The monoisotopic (exact) mass is 455 g/mol. The Bertz CT molecular complexity index is 1130. The quantitative estimate of drug-likeness (QED) is 0.413. The van der Waals surface area contributed by atoms with E-state index in [1.807, 2.05) is 13.0 Å². The molecule has 1 aliphatic rings. The molecule has 2 N–H and O–H groups in total. The van der Waals surface area contributed by atoms with Crippen LogP contribution in [-0.2, 0) is 6.42 Å². The van der Waals surface area contributed by atoms with Crippen molar-refractivity contribution >= 4 is 29.3 Å². The van der Waals surface area contributed by atoms with Crippen LogP contribution in [0.25, 0.3) is 11.1 Å². The van der Waals surface area contributed by atoms with Crippen molar-refractivity contribution in [2.45, 2.75) is 44.4 Å². The lowest BCUT2D eigenvalue weighted by molar-refractivity contribution is 0.0696. The molecule has 0 aliphatic carbocycles. The van der Waals surface area contributed by atoms with E-state index in [2.05, 4.69) is 14.8 Å². The number of anilines is 2. The zero-order valence-corrected chi connectivity index (χ0v) is 19.0. The van der Waals surface area contributed by atoms with E-state index in [4.69, 9.17) is 4.52 Å². The number of piperidine rings is 1. The van der Waals surface area contributed by atoms with Crippen molar-refractivity contribution in [3.05, 3.63) is 59.2 Å². The van der Waals surface area contributed by atoms with Crippen molar-refractivity contribution in [1.29, 1.82) is 0 Å². The number of hydrogen-bond acceptors (Lipinski definition) is 6. The molecule has 8 heteroatoms. The van der Waals surface area contributed by atoms with Crippen LogP contribution in [0.3, 0.4) is 0 Å². The molecule has 2 heterocycles. The van der Waals surface area contributed by atoms with Crippen LogP contribution < -0.4 is 9.62 Å². The number of nitrogens with zero attached hydrogens (tertiary/aromatic N) is 2. The molecule has 32 heavy (non-hydrogen) atoms. The Hall–Kier alpha value is -3.00. The molecule has 1 fully saturated rings. The van der Waals surface area contributed by atoms with E-state index in [1.54, 1.807) is 31.2 Å². The largest absolute Gasteiger partial charge is 0.478 e. The second kappa shape index (κ2) is 9.65. The van der Waals surface area contributed by atoms with Gasteiger partial charge < -0.3 is 19.3 Å². The van der Waals surface area contributed by atoms with Crippen molar-refractivity contribution in [2.24, 2.45) is 0 Å². The van der Waals surface area contributed by atoms with Gasteiger partial charge in [-0.15, -0.1) is 0 Å². The van der Waals surface area contributed by atoms with Crippen LogP contribution in [0, 0.1) is 12.7 Å². The number of carboxylic acids is 1. The van der Waals surface area contributed by atoms with Gasteiger partial charge in [0.25, 0.3) is 0 Å². The molecule has 6 nitrogen and oxygen atoms in total. The number of aryl methyl sites for hydroxylation is 2. The van der Waals surface area contributed by atoms with E-state index in [0.717, 1.165) is 54.2 Å². The summed E-state index contributed by atoms with van der Waals surface area (Å²) in [5, 5.41) is 13.2. The normalized spacial score (nSPS) is 13.9. The molecule has 0 bridgehead atoms. The van der Waals surface area contributed by atoms with Gasteiger partial charge in [-0.2, -0.15) is 0 Å². The van der Waals surface area contributed by atoms with E-state index >= 15 is 4.39 Å². The summed E-state index contributed by atoms with van der Waals surface area (Å²) in [4.78, 5) is 14.5. The standard InChI is InChI=1S/C24H26FN3O3S/c1-3-16-7-8-17(24(29)30)11-23(16)32-27-21-12-18(19-14-26-31-15(19)2)20(25)13-22(21)28-9-5-4-6-10-28/h7-8,11-14,27H,3-6,9-10H2,1-2H3,(H,29,30). The molecule has 2 aromatic carbocycles. The fourth-order valence-electron chi connectivity index (χ4n) is 3.99. The zero-order valence-electron chi connectivity index (χ0n) is 18.2. The topological polar surface area (TPSA) is 78.6 Å². The maximum atomic E-state index is 15.2. The van der Waals surface area contributed by atoms with Gasteiger partial charge in [-0.25, -0.2) is 9.18 Å². The fraction of sp³-hybridized carbons (Fsp3) is 0.333. The zero-order chi connectivity index (χ0) is 22.7. The highest BCUT2D eigenvalue weighted by Gasteiger charge is 2.21. The molecule has 1 saturated heterocycles. The number of hydrogen-bond donors (Lipinski definition) is 2. The summed E-state index contributed by atoms with van der Waals surface area (Å²) < 4.78 is 23.7. The molecule has 0 radical (unpaired) electrons. The first-order valence-electron chi connectivity index (χ1n) is 10.8. The van der Waals surface area contributed by atoms with Crippen LogP contribution in [0.2, 0.25) is 0 Å². The second-order valence-electron chi connectivity index (χ2n) is 7.88. The molecule has 0 spiro atoms. The van der Waals surface area contributed by atoms with Crippen molar-refractivity contribution in [3.8, 4) is 11.1 Å². The molecule has 0 unspecified atom stereocenters. The minimum atomic E-state index is -0.962. The Labute approximate surface area is 190 Å². The van der Waals surface area contributed by atoms with Crippen molar-refractivity contribution in [3.63, 3.8) is 0 Å². The third kappa shape index (κ3) is 4.60. The van der Waals surface area contributed by atoms with Crippen LogP contribution in [0.1, 0.15) is 47.9 Å². The number of rotatable bonds is 7. The lowest BCUT2D eigenvalue weighted by Crippen LogP contribution is -2.30. The predicted octanol–water partition coefficient (Wildman–Crippen LogP) is 6.16. The Kier molecular flexibility index (Phi) is 6.69. The third-order valence-electron chi connectivity index (χ3n) is 5.79. The van der Waals surface area contributed by atoms with Gasteiger partial charge in [0.2, 0.25) is 0 Å². The fourth-order valence-corrected chi connectivity index (χ4v) is 4.90. The first-order valence-corrected chi connectivity index (χ1v) is 11.6. The highest BCUT2D eigenvalue weighted by Crippen LogP contribution is 2.39. The Morgan fingerprint density at radius 2 is 2.00 bits per heavy atom. The van der Waals surface area contributed by atoms with Gasteiger partial charge >= 0.3 is 5.97 Å². The van der Waals surface area contributed by atoms with Gasteiger partial charge in [0.1, 0.15) is 11.6 Å². The maximum absolute atomic E-state index is 15.2. The summed E-state index contributed by atoms with van der Waals surface area (Å²) in [6.07, 6.45) is 5.62. The Morgan fingerprint density at radius 1 is 1.22 bits per heavy atom. The van der Waals surface area contributed by atoms with Gasteiger partial charge in [0.15, 0.2) is 0 Å². The van der Waals surface area contributed by atoms with Gasteiger partial charge in [-0.3, -0.25) is 0 Å². The Balaban J connectivity index is 1.72. The molecule has 0 amide bonds. The van der Waals surface area contributed by atoms with Crippen molar-refractivity contribution in [2.75, 3.05) is 22.7 Å². The molecule has 1 aromatic heterocycles. The summed E-state index contributed by atoms with van der Waals surface area (Å²) in [6, 6.07) is 8.50. The van der Waals surface area contributed by atoms with Gasteiger partial charge in [0.05, 0.1) is 23.1 Å². The van der Waals surface area contributed by atoms with E-state index in [1.165, 1.54) is 24.6 Å². The van der Waals surface area contributed by atoms with E-state index in [-0.39, 0.29) is 11.4 Å². The average molecular weight is 456 g/mol. The number of nitrogens with one attached hydrogen (secondary N) is 1. The third-order valence-corrected chi connectivity index (χ3v) is 6.71. The molecule has 3 aromatic rings. The SMILES string of the molecule is CCc1ccc(C(=O)O)cc1SNc1cc(-c2cnoc2C)c(F)cc1N1CCCCC1. The number of benzene rings is 2. The van der Waals surface area contributed by atoms with Crippen LogP contribution >= 0.6 is 11.9 Å². The second-order valence-corrected chi connectivity index (χ2v) is 8.73. The molecule has 0 atom stereocenters. The first-order chi connectivity index (χ1) is 15.5. The molecule has 4 rings (SSSR count). The number of carbonyl (C=O) groups is 1. The maximum Gasteiger partial charge on any atom is 0.335 e. The van der Waals surface area contributed by atoms with Crippen LogP contribution in [-0.4, -0.2) is 29.3 Å². The number of halogens is 1. The number of aromatic nitrogens is 1. The highest BCUT2D eigenvalue weighted by atomic mass is 32.2. The van der Waals surface area contributed by atoms with Crippen LogP contribution in [0.15, 0.2) is 45.9 Å². The number of aromatic carboxylic acids is 1. The van der Waals surface area contributed by atoms with E-state index < -0.39 is 5.97 Å². The predicted molar refractivity (Wildman–Crippen MR) is 125 cm³/mol. The highest BCUT2D eigenvalue weighted by molar-refractivity contribution is 8.00. The summed E-state index contributed by atoms with van der Waals surface area (Å²) >= 11 is 1.35. The van der Waals surface area contributed by atoms with Gasteiger partial charge in [-0.1, -0.05) is 18.1 Å². The molecule has 1 aliphatic heterocycles.